The number of methoxy groups -OCH3 is 1. The highest BCUT2D eigenvalue weighted by Gasteiger charge is 2.13. The van der Waals surface area contributed by atoms with Gasteiger partial charge in [-0.05, 0) is 30.9 Å². The molecular formula is C12H19N3O2. The lowest BCUT2D eigenvalue weighted by molar-refractivity contribution is 0.0595. The van der Waals surface area contributed by atoms with Crippen molar-refractivity contribution in [2.24, 2.45) is 5.92 Å². The molecule has 1 fully saturated rings. The second-order valence-corrected chi connectivity index (χ2v) is 4.26. The van der Waals surface area contributed by atoms with Gasteiger partial charge in [0.05, 0.1) is 19.4 Å². The van der Waals surface area contributed by atoms with Crippen LogP contribution in [0.3, 0.4) is 0 Å². The molecule has 1 atom stereocenters. The van der Waals surface area contributed by atoms with Crippen LogP contribution in [0.25, 0.3) is 0 Å². The van der Waals surface area contributed by atoms with Crippen LogP contribution < -0.4 is 15.8 Å². The van der Waals surface area contributed by atoms with Crippen molar-refractivity contribution in [1.82, 2.24) is 4.98 Å². The molecule has 1 saturated heterocycles. The molecule has 0 amide bonds. The van der Waals surface area contributed by atoms with Crippen molar-refractivity contribution in [3.8, 4) is 5.88 Å². The van der Waals surface area contributed by atoms with Crippen molar-refractivity contribution < 1.29 is 9.47 Å². The average molecular weight is 237 g/mol. The van der Waals surface area contributed by atoms with Gasteiger partial charge in [-0.15, -0.1) is 0 Å². The van der Waals surface area contributed by atoms with Gasteiger partial charge in [0.25, 0.3) is 0 Å². The summed E-state index contributed by atoms with van der Waals surface area (Å²) in [5.41, 5.74) is 6.26. The van der Waals surface area contributed by atoms with Crippen molar-refractivity contribution in [2.45, 2.75) is 12.8 Å². The van der Waals surface area contributed by atoms with Gasteiger partial charge in [0.15, 0.2) is 0 Å². The Labute approximate surface area is 101 Å². The van der Waals surface area contributed by atoms with E-state index in [4.69, 9.17) is 15.2 Å². The summed E-state index contributed by atoms with van der Waals surface area (Å²) in [5, 5.41) is 3.29. The standard InChI is InChI=1S/C12H19N3O2/c1-16-12-10(13)4-5-11(15-12)14-7-9-3-2-6-17-8-9/h4-5,9H,2-3,6-8,13H2,1H3,(H,14,15). The fraction of sp³-hybridized carbons (Fsp3) is 0.583. The zero-order valence-corrected chi connectivity index (χ0v) is 10.1. The molecular weight excluding hydrogens is 218 g/mol. The van der Waals surface area contributed by atoms with Crippen LogP contribution >= 0.6 is 0 Å². The summed E-state index contributed by atoms with van der Waals surface area (Å²) in [6.45, 7) is 2.60. The molecule has 1 aromatic rings. The Balaban J connectivity index is 1.89. The van der Waals surface area contributed by atoms with E-state index in [2.05, 4.69) is 10.3 Å². The van der Waals surface area contributed by atoms with Gasteiger partial charge >= 0.3 is 0 Å². The molecule has 0 radical (unpaired) electrons. The predicted molar refractivity (Wildman–Crippen MR) is 67.2 cm³/mol. The first kappa shape index (κ1) is 12.0. The second kappa shape index (κ2) is 5.72. The van der Waals surface area contributed by atoms with Crippen LogP contribution in [0.4, 0.5) is 11.5 Å². The van der Waals surface area contributed by atoms with E-state index >= 15 is 0 Å². The van der Waals surface area contributed by atoms with Crippen LogP contribution in [0, 0.1) is 5.92 Å². The molecule has 0 aromatic carbocycles. The minimum Gasteiger partial charge on any atom is -0.479 e. The maximum absolute atomic E-state index is 5.70. The van der Waals surface area contributed by atoms with E-state index in [9.17, 15) is 0 Å². The smallest absolute Gasteiger partial charge is 0.238 e. The van der Waals surface area contributed by atoms with E-state index in [1.54, 1.807) is 13.2 Å². The van der Waals surface area contributed by atoms with Crippen molar-refractivity contribution in [3.63, 3.8) is 0 Å². The van der Waals surface area contributed by atoms with Gasteiger partial charge in [0, 0.05) is 13.2 Å². The van der Waals surface area contributed by atoms with Gasteiger partial charge in [-0.25, -0.2) is 0 Å². The highest BCUT2D eigenvalue weighted by Crippen LogP contribution is 2.21. The molecule has 94 valence electrons. The lowest BCUT2D eigenvalue weighted by Crippen LogP contribution is -2.24. The third-order valence-electron chi connectivity index (χ3n) is 2.91. The molecule has 1 unspecified atom stereocenters. The monoisotopic (exact) mass is 237 g/mol. The minimum absolute atomic E-state index is 0.467. The number of nitrogens with two attached hydrogens (primary N) is 1. The zero-order chi connectivity index (χ0) is 12.1. The van der Waals surface area contributed by atoms with Gasteiger partial charge in [-0.2, -0.15) is 4.98 Å². The number of nitrogens with zero attached hydrogens (tertiary/aromatic N) is 1. The predicted octanol–water partition coefficient (Wildman–Crippen LogP) is 1.51. The Bertz CT molecular complexity index is 365. The maximum atomic E-state index is 5.70. The van der Waals surface area contributed by atoms with E-state index < -0.39 is 0 Å². The molecule has 0 bridgehead atoms. The Kier molecular flexibility index (Phi) is 4.03. The Morgan fingerprint density at radius 3 is 3.18 bits per heavy atom. The molecule has 5 heteroatoms. The SMILES string of the molecule is COc1nc(NCC2CCCOC2)ccc1N. The summed E-state index contributed by atoms with van der Waals surface area (Å²) >= 11 is 0. The summed E-state index contributed by atoms with van der Waals surface area (Å²) in [4.78, 5) is 4.28. The Morgan fingerprint density at radius 1 is 1.59 bits per heavy atom. The quantitative estimate of drug-likeness (QED) is 0.830. The van der Waals surface area contributed by atoms with Crippen LogP contribution in [0.1, 0.15) is 12.8 Å². The third kappa shape index (κ3) is 3.23. The highest BCUT2D eigenvalue weighted by molar-refractivity contribution is 5.53. The Morgan fingerprint density at radius 2 is 2.47 bits per heavy atom. The van der Waals surface area contributed by atoms with Crippen molar-refractivity contribution in [1.29, 1.82) is 0 Å². The number of pyridine rings is 1. The summed E-state index contributed by atoms with van der Waals surface area (Å²) in [5.74, 6) is 1.82. The van der Waals surface area contributed by atoms with Gasteiger partial charge in [0.1, 0.15) is 5.82 Å². The van der Waals surface area contributed by atoms with Crippen LogP contribution in [-0.4, -0.2) is 31.9 Å². The normalized spacial score (nSPS) is 19.9. The van der Waals surface area contributed by atoms with Crippen LogP contribution in [0.15, 0.2) is 12.1 Å². The van der Waals surface area contributed by atoms with E-state index in [0.717, 1.165) is 32.0 Å². The molecule has 3 N–H and O–H groups in total. The largest absolute Gasteiger partial charge is 0.479 e. The number of nitrogens with one attached hydrogen (secondary N) is 1. The molecule has 2 heterocycles. The first-order valence-corrected chi connectivity index (χ1v) is 5.91. The third-order valence-corrected chi connectivity index (χ3v) is 2.91. The minimum atomic E-state index is 0.467. The van der Waals surface area contributed by atoms with E-state index in [1.165, 1.54) is 6.42 Å². The maximum Gasteiger partial charge on any atom is 0.238 e. The van der Waals surface area contributed by atoms with Crippen molar-refractivity contribution in [2.75, 3.05) is 37.9 Å². The first-order valence-electron chi connectivity index (χ1n) is 5.91. The van der Waals surface area contributed by atoms with Gasteiger partial charge in [0.2, 0.25) is 5.88 Å². The fourth-order valence-corrected chi connectivity index (χ4v) is 1.93. The number of hydrogen-bond donors (Lipinski definition) is 2. The van der Waals surface area contributed by atoms with Crippen molar-refractivity contribution >= 4 is 11.5 Å². The number of ether oxygens (including phenoxy) is 2. The summed E-state index contributed by atoms with van der Waals surface area (Å²) in [6, 6.07) is 3.66. The molecule has 5 nitrogen and oxygen atoms in total. The van der Waals surface area contributed by atoms with Gasteiger partial charge in [-0.1, -0.05) is 0 Å². The Hall–Kier alpha value is -1.49. The van der Waals surface area contributed by atoms with Crippen molar-refractivity contribution in [3.05, 3.63) is 12.1 Å². The van der Waals surface area contributed by atoms with Crippen LogP contribution in [-0.2, 0) is 4.74 Å². The summed E-state index contributed by atoms with van der Waals surface area (Å²) in [7, 11) is 1.57. The van der Waals surface area contributed by atoms with Gasteiger partial charge < -0.3 is 20.5 Å². The second-order valence-electron chi connectivity index (χ2n) is 4.26. The lowest BCUT2D eigenvalue weighted by atomic mass is 10.0. The first-order chi connectivity index (χ1) is 8.29. The average Bonchev–Trinajstić information content (AvgIpc) is 2.39. The van der Waals surface area contributed by atoms with E-state index in [0.29, 0.717) is 17.5 Å². The number of hydrogen-bond acceptors (Lipinski definition) is 5. The van der Waals surface area contributed by atoms with E-state index in [1.807, 2.05) is 6.07 Å². The molecule has 1 aliphatic heterocycles. The zero-order valence-electron chi connectivity index (χ0n) is 10.1. The molecule has 1 aromatic heterocycles. The highest BCUT2D eigenvalue weighted by atomic mass is 16.5. The van der Waals surface area contributed by atoms with Gasteiger partial charge in [-0.3, -0.25) is 0 Å². The number of rotatable bonds is 4. The topological polar surface area (TPSA) is 69.4 Å². The molecule has 0 saturated carbocycles. The van der Waals surface area contributed by atoms with E-state index in [-0.39, 0.29) is 0 Å². The van der Waals surface area contributed by atoms with Crippen LogP contribution in [0.2, 0.25) is 0 Å². The van der Waals surface area contributed by atoms with Crippen LogP contribution in [0.5, 0.6) is 5.88 Å². The lowest BCUT2D eigenvalue weighted by Gasteiger charge is -2.22. The molecule has 0 spiro atoms. The number of nitrogen functional groups attached to an aromatic ring is 1. The summed E-state index contributed by atoms with van der Waals surface area (Å²) < 4.78 is 10.5. The number of anilines is 2. The number of aromatic nitrogens is 1. The molecule has 17 heavy (non-hydrogen) atoms. The summed E-state index contributed by atoms with van der Waals surface area (Å²) in [6.07, 6.45) is 2.35. The molecule has 2 rings (SSSR count). The fourth-order valence-electron chi connectivity index (χ4n) is 1.93. The molecule has 1 aliphatic rings. The molecule has 0 aliphatic carbocycles.